The molecule has 0 saturated carbocycles. The first-order valence-electron chi connectivity index (χ1n) is 10.9. The molecule has 0 radical (unpaired) electrons. The van der Waals surface area contributed by atoms with Crippen molar-refractivity contribution in [2.45, 2.75) is 38.4 Å². The van der Waals surface area contributed by atoms with E-state index in [0.717, 1.165) is 44.2 Å². The first kappa shape index (κ1) is 21.9. The van der Waals surface area contributed by atoms with E-state index in [4.69, 9.17) is 0 Å². The molecule has 2 aliphatic heterocycles. The van der Waals surface area contributed by atoms with Crippen LogP contribution in [-0.4, -0.2) is 55.1 Å². The Hall–Kier alpha value is -2.35. The van der Waals surface area contributed by atoms with Crippen LogP contribution in [0.25, 0.3) is 10.9 Å². The van der Waals surface area contributed by atoms with Gasteiger partial charge in [-0.1, -0.05) is 6.92 Å². The Bertz CT molecular complexity index is 948. The van der Waals surface area contributed by atoms with Crippen LogP contribution in [0.4, 0.5) is 18.9 Å². The molecule has 3 atom stereocenters. The number of likely N-dealkylation sites (tertiary alicyclic amines) is 1. The van der Waals surface area contributed by atoms with Gasteiger partial charge in [0.2, 0.25) is 5.91 Å². The molecule has 3 heterocycles. The molecule has 4 rings (SSSR count). The number of carbonyl (C=O) groups excluding carboxylic acids is 1. The van der Waals surface area contributed by atoms with Crippen molar-refractivity contribution in [3.63, 3.8) is 0 Å². The summed E-state index contributed by atoms with van der Waals surface area (Å²) >= 11 is 0. The van der Waals surface area contributed by atoms with Crippen LogP contribution >= 0.6 is 0 Å². The third-order valence-electron chi connectivity index (χ3n) is 6.38. The van der Waals surface area contributed by atoms with Crippen LogP contribution in [0, 0.1) is 11.8 Å². The molecule has 168 valence electrons. The molecule has 8 heteroatoms. The number of pyridine rings is 1. The molecule has 0 aliphatic carbocycles. The highest BCUT2D eigenvalue weighted by atomic mass is 19.4. The van der Waals surface area contributed by atoms with Gasteiger partial charge in [0.05, 0.1) is 11.1 Å². The lowest BCUT2D eigenvalue weighted by Crippen LogP contribution is -2.50. The number of alkyl halides is 3. The lowest BCUT2D eigenvalue weighted by atomic mass is 9.94. The number of halogens is 3. The van der Waals surface area contributed by atoms with Crippen molar-refractivity contribution < 1.29 is 18.0 Å². The second-order valence-corrected chi connectivity index (χ2v) is 9.16. The average molecular weight is 435 g/mol. The molecule has 31 heavy (non-hydrogen) atoms. The fourth-order valence-electron chi connectivity index (χ4n) is 5.06. The number of piperidine rings is 1. The van der Waals surface area contributed by atoms with E-state index < -0.39 is 11.7 Å². The number of anilines is 1. The standard InChI is InChI=1S/C23H29F3N4O/c1-15-10-17(28-21(31)11-16-7-9-29(2)13-16)14-30(12-15)20-6-5-19(23(24,25)26)22-18(20)4-3-8-27-22/h3-6,8,15-17H,7,9-14H2,1-2H3,(H,28,31)/t15-,16?,17+/m0/s1. The largest absolute Gasteiger partial charge is 0.418 e. The highest BCUT2D eigenvalue weighted by Crippen LogP contribution is 2.38. The van der Waals surface area contributed by atoms with Gasteiger partial charge in [0, 0.05) is 49.4 Å². The van der Waals surface area contributed by atoms with Gasteiger partial charge in [-0.25, -0.2) is 0 Å². The Labute approximate surface area is 180 Å². The van der Waals surface area contributed by atoms with Crippen molar-refractivity contribution >= 4 is 22.5 Å². The van der Waals surface area contributed by atoms with Crippen molar-refractivity contribution in [2.75, 3.05) is 38.1 Å². The third-order valence-corrected chi connectivity index (χ3v) is 6.38. The van der Waals surface area contributed by atoms with Gasteiger partial charge in [-0.05, 0) is 62.5 Å². The number of amides is 1. The van der Waals surface area contributed by atoms with E-state index in [2.05, 4.69) is 34.1 Å². The molecule has 1 unspecified atom stereocenters. The molecular weight excluding hydrogens is 405 g/mol. The maximum atomic E-state index is 13.4. The van der Waals surface area contributed by atoms with Gasteiger partial charge in [0.25, 0.3) is 0 Å². The monoisotopic (exact) mass is 434 g/mol. The SMILES string of the molecule is C[C@H]1C[C@@H](NC(=O)CC2CCN(C)C2)CN(c2ccc(C(F)(F)F)c3ncccc23)C1. The van der Waals surface area contributed by atoms with Crippen LogP contribution in [-0.2, 0) is 11.0 Å². The Kier molecular flexibility index (Phi) is 6.10. The zero-order valence-electron chi connectivity index (χ0n) is 18.0. The van der Waals surface area contributed by atoms with Crippen LogP contribution in [0.2, 0.25) is 0 Å². The molecule has 2 aromatic rings. The highest BCUT2D eigenvalue weighted by Gasteiger charge is 2.35. The van der Waals surface area contributed by atoms with Crippen molar-refractivity contribution in [1.29, 1.82) is 0 Å². The molecule has 0 spiro atoms. The normalized spacial score (nSPS) is 25.2. The Morgan fingerprint density at radius 3 is 2.74 bits per heavy atom. The van der Waals surface area contributed by atoms with Crippen LogP contribution in [0.3, 0.4) is 0 Å². The van der Waals surface area contributed by atoms with Gasteiger partial charge < -0.3 is 15.1 Å². The minimum absolute atomic E-state index is 0.0237. The van der Waals surface area contributed by atoms with Crippen LogP contribution in [0.15, 0.2) is 30.5 Å². The molecule has 2 aliphatic rings. The van der Waals surface area contributed by atoms with E-state index in [1.54, 1.807) is 12.1 Å². The van der Waals surface area contributed by atoms with Crippen molar-refractivity contribution in [3.05, 3.63) is 36.0 Å². The van der Waals surface area contributed by atoms with Gasteiger partial charge in [-0.15, -0.1) is 0 Å². The predicted octanol–water partition coefficient (Wildman–Crippen LogP) is 3.93. The first-order valence-corrected chi connectivity index (χ1v) is 10.9. The van der Waals surface area contributed by atoms with Crippen molar-refractivity contribution in [2.24, 2.45) is 11.8 Å². The van der Waals surface area contributed by atoms with E-state index in [-0.39, 0.29) is 17.5 Å². The summed E-state index contributed by atoms with van der Waals surface area (Å²) in [4.78, 5) is 21.0. The molecular formula is C23H29F3N4O. The maximum Gasteiger partial charge on any atom is 0.418 e. The number of benzene rings is 1. The molecule has 1 aromatic carbocycles. The summed E-state index contributed by atoms with van der Waals surface area (Å²) in [5.41, 5.74) is -0.0146. The number of fused-ring (bicyclic) bond motifs is 1. The molecule has 2 fully saturated rings. The minimum atomic E-state index is -4.45. The zero-order chi connectivity index (χ0) is 22.2. The highest BCUT2D eigenvalue weighted by molar-refractivity contribution is 5.94. The Balaban J connectivity index is 1.52. The number of nitrogens with one attached hydrogen (secondary N) is 1. The number of carbonyl (C=O) groups is 1. The summed E-state index contributed by atoms with van der Waals surface area (Å²) < 4.78 is 40.3. The predicted molar refractivity (Wildman–Crippen MR) is 115 cm³/mol. The Morgan fingerprint density at radius 2 is 2.03 bits per heavy atom. The molecule has 0 bridgehead atoms. The summed E-state index contributed by atoms with van der Waals surface area (Å²) in [5.74, 6) is 0.774. The smallest absolute Gasteiger partial charge is 0.369 e. The summed E-state index contributed by atoms with van der Waals surface area (Å²) in [5, 5.41) is 3.67. The van der Waals surface area contributed by atoms with E-state index in [1.165, 1.54) is 12.3 Å². The van der Waals surface area contributed by atoms with Crippen molar-refractivity contribution in [1.82, 2.24) is 15.2 Å². The number of nitrogens with zero attached hydrogens (tertiary/aromatic N) is 3. The summed E-state index contributed by atoms with van der Waals surface area (Å²) in [6.45, 7) is 5.40. The van der Waals surface area contributed by atoms with E-state index in [0.29, 0.717) is 30.2 Å². The second-order valence-electron chi connectivity index (χ2n) is 9.16. The minimum Gasteiger partial charge on any atom is -0.369 e. The first-order chi connectivity index (χ1) is 14.7. The third kappa shape index (κ3) is 4.95. The van der Waals surface area contributed by atoms with E-state index in [9.17, 15) is 18.0 Å². The maximum absolute atomic E-state index is 13.4. The van der Waals surface area contributed by atoms with Gasteiger partial charge in [-0.2, -0.15) is 13.2 Å². The summed E-state index contributed by atoms with van der Waals surface area (Å²) in [6, 6.07) is 5.99. The lowest BCUT2D eigenvalue weighted by molar-refractivity contribution is -0.136. The summed E-state index contributed by atoms with van der Waals surface area (Å²) in [7, 11) is 2.07. The quantitative estimate of drug-likeness (QED) is 0.792. The fraction of sp³-hybridized carbons (Fsp3) is 0.565. The molecule has 1 aromatic heterocycles. The number of hydrogen-bond acceptors (Lipinski definition) is 4. The molecule has 1 N–H and O–H groups in total. The molecule has 2 saturated heterocycles. The van der Waals surface area contributed by atoms with Crippen molar-refractivity contribution in [3.8, 4) is 0 Å². The van der Waals surface area contributed by atoms with Gasteiger partial charge in [0.15, 0.2) is 0 Å². The summed E-state index contributed by atoms with van der Waals surface area (Å²) in [6.07, 6.45) is -0.623. The number of hydrogen-bond donors (Lipinski definition) is 1. The van der Waals surface area contributed by atoms with Gasteiger partial charge in [-0.3, -0.25) is 9.78 Å². The fourth-order valence-corrected chi connectivity index (χ4v) is 5.06. The van der Waals surface area contributed by atoms with Crippen LogP contribution < -0.4 is 10.2 Å². The lowest BCUT2D eigenvalue weighted by Gasteiger charge is -2.39. The number of aromatic nitrogens is 1. The van der Waals surface area contributed by atoms with Gasteiger partial charge in [0.1, 0.15) is 0 Å². The Morgan fingerprint density at radius 1 is 1.23 bits per heavy atom. The second kappa shape index (κ2) is 8.65. The van der Waals surface area contributed by atoms with E-state index >= 15 is 0 Å². The molecule has 5 nitrogen and oxygen atoms in total. The van der Waals surface area contributed by atoms with Crippen LogP contribution in [0.5, 0.6) is 0 Å². The van der Waals surface area contributed by atoms with Gasteiger partial charge >= 0.3 is 6.18 Å². The van der Waals surface area contributed by atoms with Crippen LogP contribution in [0.1, 0.15) is 31.7 Å². The van der Waals surface area contributed by atoms with E-state index in [1.807, 2.05) is 0 Å². The average Bonchev–Trinajstić information content (AvgIpc) is 3.10. The molecule has 1 amide bonds. The topological polar surface area (TPSA) is 48.5 Å². The zero-order valence-corrected chi connectivity index (χ0v) is 18.0. The number of rotatable bonds is 4.